The maximum absolute atomic E-state index is 6.52. The molecule has 228 valence electrons. The Morgan fingerprint density at radius 2 is 1.10 bits per heavy atom. The van der Waals surface area contributed by atoms with Gasteiger partial charge in [0.15, 0.2) is 17.2 Å². The maximum atomic E-state index is 6.52. The molecule has 3 aromatic heterocycles. The average Bonchev–Trinajstić information content (AvgIpc) is 3.72. The molecule has 3 heterocycles. The van der Waals surface area contributed by atoms with Crippen LogP contribution in [0, 0.1) is 13.8 Å². The normalized spacial score (nSPS) is 11.5. The molecule has 6 heteroatoms. The lowest BCUT2D eigenvalue weighted by atomic mass is 10.0. The van der Waals surface area contributed by atoms with Crippen LogP contribution in [-0.2, 0) is 0 Å². The minimum Gasteiger partial charge on any atom is -0.435 e. The van der Waals surface area contributed by atoms with Crippen LogP contribution in [0.1, 0.15) is 11.1 Å². The molecule has 0 aliphatic rings. The van der Waals surface area contributed by atoms with Crippen LogP contribution < -0.4 is 0 Å². The topological polar surface area (TPSA) is 69.6 Å². The highest BCUT2D eigenvalue weighted by Crippen LogP contribution is 2.35. The molecule has 6 nitrogen and oxygen atoms in total. The van der Waals surface area contributed by atoms with Crippen molar-refractivity contribution in [3.05, 3.63) is 151 Å². The summed E-state index contributed by atoms with van der Waals surface area (Å²) in [6, 6.07) is 47.7. The minimum atomic E-state index is 0.510. The van der Waals surface area contributed by atoms with E-state index in [9.17, 15) is 0 Å². The zero-order chi connectivity index (χ0) is 32.2. The van der Waals surface area contributed by atoms with Crippen molar-refractivity contribution in [2.45, 2.75) is 13.8 Å². The molecule has 0 aliphatic heterocycles. The van der Waals surface area contributed by atoms with E-state index in [4.69, 9.17) is 24.4 Å². The van der Waals surface area contributed by atoms with Crippen LogP contribution in [0.2, 0.25) is 0 Å². The van der Waals surface area contributed by atoms with Crippen LogP contribution in [0.25, 0.3) is 84.2 Å². The number of nitrogens with zero attached hydrogens (tertiary/aromatic N) is 5. The highest BCUT2D eigenvalue weighted by atomic mass is 16.3. The second kappa shape index (κ2) is 11.1. The smallest absolute Gasteiger partial charge is 0.238 e. The lowest BCUT2D eigenvalue weighted by Gasteiger charge is -2.11. The van der Waals surface area contributed by atoms with Crippen LogP contribution in [0.5, 0.6) is 0 Å². The van der Waals surface area contributed by atoms with Gasteiger partial charge in [0, 0.05) is 21.9 Å². The van der Waals surface area contributed by atoms with E-state index in [1.165, 1.54) is 0 Å². The van der Waals surface area contributed by atoms with Gasteiger partial charge in [0.05, 0.1) is 16.6 Å². The summed E-state index contributed by atoms with van der Waals surface area (Å²) in [5, 5.41) is 2.27. The van der Waals surface area contributed by atoms with Crippen molar-refractivity contribution >= 4 is 32.9 Å². The van der Waals surface area contributed by atoms with E-state index in [0.29, 0.717) is 29.1 Å². The minimum absolute atomic E-state index is 0.510. The standard InChI is InChI=1S/C42H29N5O/c1-26-22-27(2)24-31(23-26)41-43-35-19-11-18-34(38(35)48-41)40-44-39(30-15-10-14-29(25-30)28-12-4-3-5-13-28)45-42(46-40)47-36-20-8-6-16-32(36)33-17-7-9-21-37(33)47/h3-25H,1-2H3. The molecular formula is C42H29N5O. The van der Waals surface area contributed by atoms with Crippen molar-refractivity contribution in [1.29, 1.82) is 0 Å². The molecule has 48 heavy (non-hydrogen) atoms. The zero-order valence-corrected chi connectivity index (χ0v) is 26.4. The van der Waals surface area contributed by atoms with Crippen molar-refractivity contribution in [2.75, 3.05) is 0 Å². The number of oxazole rings is 1. The lowest BCUT2D eigenvalue weighted by Crippen LogP contribution is -2.06. The lowest BCUT2D eigenvalue weighted by molar-refractivity contribution is 0.620. The summed E-state index contributed by atoms with van der Waals surface area (Å²) in [6.07, 6.45) is 0. The second-order valence-corrected chi connectivity index (χ2v) is 12.1. The third kappa shape index (κ3) is 4.74. The van der Waals surface area contributed by atoms with E-state index < -0.39 is 0 Å². The van der Waals surface area contributed by atoms with E-state index in [1.54, 1.807) is 0 Å². The highest BCUT2D eigenvalue weighted by Gasteiger charge is 2.21. The van der Waals surface area contributed by atoms with Gasteiger partial charge in [0.2, 0.25) is 11.8 Å². The first-order valence-corrected chi connectivity index (χ1v) is 16.0. The van der Waals surface area contributed by atoms with Crippen LogP contribution in [0.15, 0.2) is 144 Å². The third-order valence-corrected chi connectivity index (χ3v) is 8.76. The average molecular weight is 620 g/mol. The van der Waals surface area contributed by atoms with Crippen molar-refractivity contribution in [1.82, 2.24) is 24.5 Å². The predicted octanol–water partition coefficient (Wildman–Crippen LogP) is 10.4. The molecule has 6 aromatic carbocycles. The SMILES string of the molecule is Cc1cc(C)cc(-c2nc3cccc(-c4nc(-c5cccc(-c6ccccc6)c5)nc(-n5c6ccccc6c6ccccc65)n4)c3o2)c1. The van der Waals surface area contributed by atoms with Crippen LogP contribution in [-0.4, -0.2) is 24.5 Å². The molecule has 0 radical (unpaired) electrons. The zero-order valence-electron chi connectivity index (χ0n) is 26.4. The number of aromatic nitrogens is 5. The molecule has 0 fully saturated rings. The molecule has 9 rings (SSSR count). The van der Waals surface area contributed by atoms with Crippen LogP contribution in [0.3, 0.4) is 0 Å². The van der Waals surface area contributed by atoms with Crippen molar-refractivity contribution < 1.29 is 4.42 Å². The first-order valence-electron chi connectivity index (χ1n) is 16.0. The number of hydrogen-bond donors (Lipinski definition) is 0. The Balaban J connectivity index is 1.30. The van der Waals surface area contributed by atoms with Crippen molar-refractivity contribution in [3.8, 4) is 51.3 Å². The van der Waals surface area contributed by atoms with Gasteiger partial charge in [0.25, 0.3) is 0 Å². The summed E-state index contributed by atoms with van der Waals surface area (Å²) in [5.41, 5.74) is 10.5. The molecule has 0 saturated heterocycles. The van der Waals surface area contributed by atoms with Gasteiger partial charge in [-0.2, -0.15) is 9.97 Å². The Morgan fingerprint density at radius 3 is 1.85 bits per heavy atom. The Bertz CT molecular complexity index is 2580. The largest absolute Gasteiger partial charge is 0.435 e. The van der Waals surface area contributed by atoms with Crippen molar-refractivity contribution in [2.24, 2.45) is 0 Å². The summed E-state index contributed by atoms with van der Waals surface area (Å²) in [4.78, 5) is 20.3. The summed E-state index contributed by atoms with van der Waals surface area (Å²) < 4.78 is 8.65. The highest BCUT2D eigenvalue weighted by molar-refractivity contribution is 6.09. The molecule has 0 unspecified atom stereocenters. The quantitative estimate of drug-likeness (QED) is 0.192. The fraction of sp³-hybridized carbons (Fsp3) is 0.0476. The number of hydrogen-bond acceptors (Lipinski definition) is 5. The third-order valence-electron chi connectivity index (χ3n) is 8.76. The Labute approximate surface area is 277 Å². The number of para-hydroxylation sites is 3. The Morgan fingerprint density at radius 1 is 0.479 bits per heavy atom. The molecule has 0 amide bonds. The summed E-state index contributed by atoms with van der Waals surface area (Å²) in [5.74, 6) is 2.18. The number of rotatable bonds is 5. The first-order chi connectivity index (χ1) is 23.6. The fourth-order valence-corrected chi connectivity index (χ4v) is 6.67. The Hall–Kier alpha value is -6.40. The van der Waals surface area contributed by atoms with E-state index in [1.807, 2.05) is 48.5 Å². The van der Waals surface area contributed by atoms with E-state index in [2.05, 4.69) is 109 Å². The van der Waals surface area contributed by atoms with E-state index in [0.717, 1.165) is 66.3 Å². The van der Waals surface area contributed by atoms with Gasteiger partial charge in [-0.15, -0.1) is 0 Å². The summed E-state index contributed by atoms with van der Waals surface area (Å²) >= 11 is 0. The molecule has 0 N–H and O–H groups in total. The Kier molecular flexibility index (Phi) is 6.47. The molecule has 0 aliphatic carbocycles. The van der Waals surface area contributed by atoms with Gasteiger partial charge in [-0.05, 0) is 67.4 Å². The number of aryl methyl sites for hydroxylation is 2. The van der Waals surface area contributed by atoms with Crippen LogP contribution >= 0.6 is 0 Å². The second-order valence-electron chi connectivity index (χ2n) is 12.1. The molecular weight excluding hydrogens is 590 g/mol. The van der Waals surface area contributed by atoms with E-state index >= 15 is 0 Å². The number of benzene rings is 6. The molecule has 0 spiro atoms. The molecule has 0 saturated carbocycles. The van der Waals surface area contributed by atoms with Crippen LogP contribution in [0.4, 0.5) is 0 Å². The van der Waals surface area contributed by atoms with Gasteiger partial charge in [-0.1, -0.05) is 108 Å². The molecule has 0 atom stereocenters. The maximum Gasteiger partial charge on any atom is 0.238 e. The van der Waals surface area contributed by atoms with Gasteiger partial charge in [0.1, 0.15) is 5.52 Å². The monoisotopic (exact) mass is 619 g/mol. The fourth-order valence-electron chi connectivity index (χ4n) is 6.67. The van der Waals surface area contributed by atoms with Crippen molar-refractivity contribution in [3.63, 3.8) is 0 Å². The summed E-state index contributed by atoms with van der Waals surface area (Å²) in [7, 11) is 0. The summed E-state index contributed by atoms with van der Waals surface area (Å²) in [6.45, 7) is 4.17. The van der Waals surface area contributed by atoms with Gasteiger partial charge >= 0.3 is 0 Å². The van der Waals surface area contributed by atoms with Gasteiger partial charge < -0.3 is 4.42 Å². The first kappa shape index (κ1) is 27.9. The van der Waals surface area contributed by atoms with Gasteiger partial charge in [-0.3, -0.25) is 4.57 Å². The van der Waals surface area contributed by atoms with Gasteiger partial charge in [-0.25, -0.2) is 9.97 Å². The predicted molar refractivity (Wildman–Crippen MR) is 193 cm³/mol. The van der Waals surface area contributed by atoms with E-state index in [-0.39, 0.29) is 0 Å². The molecule has 0 bridgehead atoms. The molecule has 9 aromatic rings. The number of fused-ring (bicyclic) bond motifs is 4.